The summed E-state index contributed by atoms with van der Waals surface area (Å²) in [6, 6.07) is 106. The van der Waals surface area contributed by atoms with Gasteiger partial charge in [-0.25, -0.2) is 0 Å². The highest BCUT2D eigenvalue weighted by Crippen LogP contribution is 2.58. The molecule has 0 unspecified atom stereocenters. The van der Waals surface area contributed by atoms with Crippen LogP contribution in [0.5, 0.6) is 0 Å². The van der Waals surface area contributed by atoms with E-state index < -0.39 is 5.41 Å². The van der Waals surface area contributed by atoms with Gasteiger partial charge < -0.3 is 4.90 Å². The van der Waals surface area contributed by atoms with Crippen LogP contribution in [-0.2, 0) is 5.41 Å². The largest absolute Gasteiger partial charge is 0.309 e. The van der Waals surface area contributed by atoms with Gasteiger partial charge in [0.2, 0.25) is 0 Å². The molecule has 0 atom stereocenters. The van der Waals surface area contributed by atoms with Gasteiger partial charge in [0.25, 0.3) is 0 Å². The third kappa shape index (κ3) is 6.41. The molecule has 1 nitrogen and oxygen atoms in total. The lowest BCUT2D eigenvalue weighted by molar-refractivity contribution is 0.768. The van der Waals surface area contributed by atoms with E-state index in [2.05, 4.69) is 290 Å². The van der Waals surface area contributed by atoms with Crippen LogP contribution in [0.1, 0.15) is 22.3 Å². The Kier molecular flexibility index (Phi) is 9.82. The summed E-state index contributed by atoms with van der Waals surface area (Å²) in [5, 5.41) is 9.84. The van der Waals surface area contributed by atoms with Gasteiger partial charge in [0.1, 0.15) is 0 Å². The second-order valence-corrected chi connectivity index (χ2v) is 19.1. The van der Waals surface area contributed by atoms with Crippen LogP contribution >= 0.6 is 0 Å². The number of rotatable bonds is 8. The van der Waals surface area contributed by atoms with E-state index in [4.69, 9.17) is 0 Å². The maximum Gasteiger partial charge on any atom is 0.0714 e. The molecule has 0 bridgehead atoms. The summed E-state index contributed by atoms with van der Waals surface area (Å²) in [5.41, 5.74) is 17.5. The Bertz CT molecular complexity index is 4160. The molecule has 0 aliphatic heterocycles. The number of benzene rings is 13. The fraction of sp³-hybridized carbons (Fsp3) is 0.0141. The summed E-state index contributed by atoms with van der Waals surface area (Å²) in [6.45, 7) is 0. The van der Waals surface area contributed by atoms with Crippen LogP contribution in [0.2, 0.25) is 0 Å². The molecule has 0 heterocycles. The van der Waals surface area contributed by atoms with Crippen LogP contribution in [0, 0.1) is 0 Å². The minimum Gasteiger partial charge on any atom is -0.309 e. The van der Waals surface area contributed by atoms with E-state index in [9.17, 15) is 0 Å². The van der Waals surface area contributed by atoms with E-state index in [1.54, 1.807) is 0 Å². The minimum absolute atomic E-state index is 0.560. The summed E-state index contributed by atoms with van der Waals surface area (Å²) in [5.74, 6) is 0. The van der Waals surface area contributed by atoms with Gasteiger partial charge in [-0.1, -0.05) is 255 Å². The monoisotopic (exact) mass is 913 g/mol. The van der Waals surface area contributed by atoms with E-state index in [0.29, 0.717) is 0 Å². The van der Waals surface area contributed by atoms with Gasteiger partial charge in [-0.2, -0.15) is 0 Å². The van der Waals surface area contributed by atoms with Crippen molar-refractivity contribution in [3.63, 3.8) is 0 Å². The molecule has 0 aromatic heterocycles. The summed E-state index contributed by atoms with van der Waals surface area (Å²) in [7, 11) is 0. The Morgan fingerprint density at radius 3 is 1.47 bits per heavy atom. The zero-order valence-electron chi connectivity index (χ0n) is 39.6. The molecule has 0 fully saturated rings. The van der Waals surface area contributed by atoms with Crippen molar-refractivity contribution in [1.29, 1.82) is 0 Å². The molecule has 14 rings (SSSR count). The summed E-state index contributed by atoms with van der Waals surface area (Å²) in [6.07, 6.45) is 0. The molecule has 0 N–H and O–H groups in total. The Morgan fingerprint density at radius 1 is 0.250 bits per heavy atom. The van der Waals surface area contributed by atoms with Crippen LogP contribution in [0.4, 0.5) is 17.1 Å². The van der Waals surface area contributed by atoms with Crippen molar-refractivity contribution in [1.82, 2.24) is 0 Å². The van der Waals surface area contributed by atoms with Crippen LogP contribution in [0.25, 0.3) is 87.6 Å². The number of hydrogen-bond donors (Lipinski definition) is 0. The number of fused-ring (bicyclic) bond motifs is 9. The molecule has 0 amide bonds. The fourth-order valence-electron chi connectivity index (χ4n) is 12.3. The quantitative estimate of drug-likeness (QED) is 0.137. The molecule has 336 valence electrons. The first-order valence-electron chi connectivity index (χ1n) is 25.0. The normalized spacial score (nSPS) is 12.6. The third-order valence-electron chi connectivity index (χ3n) is 15.3. The van der Waals surface area contributed by atoms with Gasteiger partial charge in [0.15, 0.2) is 0 Å². The SMILES string of the molecule is c1ccc(-c2c(-c3ccccc3)c3cc(-c4ccccc4N(c4ccc5c(c4)C(c4ccccc4)(c4ccccc4)c4ccccc4-5)c4cccc5c4ccc4ccccc45)ccc3c3ccccc23)cc1. The number of para-hydroxylation sites is 1. The molecular weight excluding hydrogens is 867 g/mol. The molecule has 1 heteroatoms. The molecule has 1 aliphatic carbocycles. The second-order valence-electron chi connectivity index (χ2n) is 19.1. The smallest absolute Gasteiger partial charge is 0.0714 e. The van der Waals surface area contributed by atoms with Gasteiger partial charge >= 0.3 is 0 Å². The van der Waals surface area contributed by atoms with Crippen LogP contribution in [0.3, 0.4) is 0 Å². The van der Waals surface area contributed by atoms with E-state index in [1.165, 1.54) is 98.7 Å². The first kappa shape index (κ1) is 41.7. The molecule has 72 heavy (non-hydrogen) atoms. The minimum atomic E-state index is -0.560. The lowest BCUT2D eigenvalue weighted by Crippen LogP contribution is -2.28. The van der Waals surface area contributed by atoms with Crippen LogP contribution in [-0.4, -0.2) is 0 Å². The van der Waals surface area contributed by atoms with Crippen LogP contribution < -0.4 is 4.90 Å². The standard InChI is InChI=1S/C71H47N/c1-5-23-49(24-6-1)69-63-35-16-15-33-58(63)59-43-41-51(46-64(59)70(69)50-25-7-2-8-26-50)56-32-18-20-38-67(56)72(68-39-21-36-57-55-31-14-13-22-48(55)40-44-62(57)68)54-42-45-61-60-34-17-19-37-65(60)71(66(61)47-54,52-27-9-3-10-28-52)53-29-11-4-12-30-53/h1-47H. The third-order valence-corrected chi connectivity index (χ3v) is 15.3. The fourth-order valence-corrected chi connectivity index (χ4v) is 12.3. The van der Waals surface area contributed by atoms with Crippen molar-refractivity contribution < 1.29 is 0 Å². The molecule has 0 spiro atoms. The van der Waals surface area contributed by atoms with Crippen molar-refractivity contribution in [2.75, 3.05) is 4.90 Å². The Hall–Kier alpha value is -9.30. The lowest BCUT2D eigenvalue weighted by atomic mass is 9.67. The van der Waals surface area contributed by atoms with Gasteiger partial charge in [-0.15, -0.1) is 0 Å². The topological polar surface area (TPSA) is 3.24 Å². The average molecular weight is 914 g/mol. The van der Waals surface area contributed by atoms with Gasteiger partial charge in [-0.05, 0) is 129 Å². The number of anilines is 3. The van der Waals surface area contributed by atoms with Crippen molar-refractivity contribution in [2.45, 2.75) is 5.41 Å². The van der Waals surface area contributed by atoms with E-state index in [-0.39, 0.29) is 0 Å². The predicted molar refractivity (Wildman–Crippen MR) is 305 cm³/mol. The summed E-state index contributed by atoms with van der Waals surface area (Å²) >= 11 is 0. The maximum absolute atomic E-state index is 2.54. The van der Waals surface area contributed by atoms with Gasteiger partial charge in [0, 0.05) is 16.6 Å². The first-order chi connectivity index (χ1) is 35.8. The lowest BCUT2D eigenvalue weighted by Gasteiger charge is -2.35. The molecule has 13 aromatic rings. The molecule has 1 aliphatic rings. The number of hydrogen-bond acceptors (Lipinski definition) is 1. The molecule has 0 saturated heterocycles. The highest BCUT2D eigenvalue weighted by molar-refractivity contribution is 6.22. The van der Waals surface area contributed by atoms with E-state index in [0.717, 1.165) is 28.2 Å². The van der Waals surface area contributed by atoms with Crippen LogP contribution in [0.15, 0.2) is 285 Å². The van der Waals surface area contributed by atoms with E-state index >= 15 is 0 Å². The molecule has 0 saturated carbocycles. The van der Waals surface area contributed by atoms with Gasteiger partial charge in [0.05, 0.1) is 16.8 Å². The summed E-state index contributed by atoms with van der Waals surface area (Å²) < 4.78 is 0. The maximum atomic E-state index is 2.54. The van der Waals surface area contributed by atoms with Crippen molar-refractivity contribution in [3.05, 3.63) is 307 Å². The highest BCUT2D eigenvalue weighted by atomic mass is 15.1. The Labute approximate surface area is 420 Å². The predicted octanol–water partition coefficient (Wildman–Crippen LogP) is 19.1. The van der Waals surface area contributed by atoms with Gasteiger partial charge in [-0.3, -0.25) is 0 Å². The average Bonchev–Trinajstić information content (AvgIpc) is 3.76. The van der Waals surface area contributed by atoms with Crippen molar-refractivity contribution in [3.8, 4) is 44.5 Å². The number of nitrogens with zero attached hydrogens (tertiary/aromatic N) is 1. The first-order valence-corrected chi connectivity index (χ1v) is 25.0. The molecular formula is C71H47N. The second kappa shape index (κ2) is 17.0. The zero-order valence-corrected chi connectivity index (χ0v) is 39.6. The molecule has 0 radical (unpaired) electrons. The highest BCUT2D eigenvalue weighted by Gasteiger charge is 2.46. The Balaban J connectivity index is 1.06. The zero-order chi connectivity index (χ0) is 47.6. The van der Waals surface area contributed by atoms with Crippen molar-refractivity contribution in [2.24, 2.45) is 0 Å². The van der Waals surface area contributed by atoms with Crippen molar-refractivity contribution >= 4 is 60.2 Å². The van der Waals surface area contributed by atoms with E-state index in [1.807, 2.05) is 0 Å². The Morgan fingerprint density at radius 2 is 0.750 bits per heavy atom. The summed E-state index contributed by atoms with van der Waals surface area (Å²) in [4.78, 5) is 2.54. The molecule has 13 aromatic carbocycles.